The van der Waals surface area contributed by atoms with Gasteiger partial charge in [0.15, 0.2) is 17.5 Å². The standard InChI is InChI=1S/C18H17F3N2O2.ClH/c19-14-5-12(6-15(20)17(14)21)10-1-3-11(4-2-10)18(25)23-8-13-7-22-9-16(13)24;/h1-6,13,16,22,24H,7-9H2,(H,23,25);1H. The van der Waals surface area contributed by atoms with Crippen LogP contribution in [0.4, 0.5) is 13.2 Å². The molecule has 1 aliphatic heterocycles. The molecule has 2 aromatic rings. The highest BCUT2D eigenvalue weighted by atomic mass is 35.5. The van der Waals surface area contributed by atoms with Crippen molar-refractivity contribution in [1.29, 1.82) is 0 Å². The first-order valence-corrected chi connectivity index (χ1v) is 7.87. The lowest BCUT2D eigenvalue weighted by atomic mass is 10.0. The molecule has 3 rings (SSSR count). The molecular weight excluding hydrogens is 369 g/mol. The maximum absolute atomic E-state index is 13.3. The third-order valence-corrected chi connectivity index (χ3v) is 4.29. The van der Waals surface area contributed by atoms with Crippen LogP contribution in [0.2, 0.25) is 0 Å². The molecule has 26 heavy (non-hydrogen) atoms. The van der Waals surface area contributed by atoms with E-state index < -0.39 is 23.6 Å². The number of nitrogens with one attached hydrogen (secondary N) is 2. The topological polar surface area (TPSA) is 61.4 Å². The van der Waals surface area contributed by atoms with E-state index in [1.165, 1.54) is 24.3 Å². The molecule has 2 unspecified atom stereocenters. The van der Waals surface area contributed by atoms with Gasteiger partial charge in [0, 0.05) is 31.1 Å². The number of amides is 1. The Morgan fingerprint density at radius 2 is 1.69 bits per heavy atom. The third-order valence-electron chi connectivity index (χ3n) is 4.29. The van der Waals surface area contributed by atoms with E-state index in [2.05, 4.69) is 10.6 Å². The average Bonchev–Trinajstić information content (AvgIpc) is 3.02. The fourth-order valence-corrected chi connectivity index (χ4v) is 2.79. The van der Waals surface area contributed by atoms with Crippen LogP contribution in [0.5, 0.6) is 0 Å². The summed E-state index contributed by atoms with van der Waals surface area (Å²) in [6.07, 6.45) is -0.481. The normalized spacial score (nSPS) is 19.1. The van der Waals surface area contributed by atoms with E-state index in [-0.39, 0.29) is 29.8 Å². The van der Waals surface area contributed by atoms with Gasteiger partial charge in [0.1, 0.15) is 0 Å². The zero-order valence-corrected chi connectivity index (χ0v) is 14.5. The minimum absolute atomic E-state index is 0. The van der Waals surface area contributed by atoms with Crippen LogP contribution >= 0.6 is 12.4 Å². The summed E-state index contributed by atoms with van der Waals surface area (Å²) < 4.78 is 39.6. The molecule has 0 aromatic heterocycles. The second-order valence-corrected chi connectivity index (χ2v) is 6.03. The monoisotopic (exact) mass is 386 g/mol. The summed E-state index contributed by atoms with van der Waals surface area (Å²) in [7, 11) is 0. The van der Waals surface area contributed by atoms with Gasteiger partial charge in [-0.2, -0.15) is 0 Å². The lowest BCUT2D eigenvalue weighted by Gasteiger charge is -2.14. The molecule has 4 nitrogen and oxygen atoms in total. The molecule has 1 amide bonds. The summed E-state index contributed by atoms with van der Waals surface area (Å²) in [6, 6.07) is 7.92. The van der Waals surface area contributed by atoms with Gasteiger partial charge >= 0.3 is 0 Å². The summed E-state index contributed by atoms with van der Waals surface area (Å²) >= 11 is 0. The summed E-state index contributed by atoms with van der Waals surface area (Å²) in [5, 5.41) is 15.5. The Balaban J connectivity index is 0.00000243. The number of hydrogen-bond donors (Lipinski definition) is 3. The van der Waals surface area contributed by atoms with Crippen molar-refractivity contribution < 1.29 is 23.1 Å². The van der Waals surface area contributed by atoms with Crippen molar-refractivity contribution in [2.75, 3.05) is 19.6 Å². The number of carbonyl (C=O) groups is 1. The molecule has 1 fully saturated rings. The number of rotatable bonds is 4. The highest BCUT2D eigenvalue weighted by Crippen LogP contribution is 2.24. The number of carbonyl (C=O) groups excluding carboxylic acids is 1. The predicted octanol–water partition coefficient (Wildman–Crippen LogP) is 2.50. The van der Waals surface area contributed by atoms with E-state index >= 15 is 0 Å². The summed E-state index contributed by atoms with van der Waals surface area (Å²) in [5.41, 5.74) is 1.03. The number of halogens is 4. The van der Waals surface area contributed by atoms with Crippen LogP contribution in [0.1, 0.15) is 10.4 Å². The molecule has 2 aromatic carbocycles. The number of aliphatic hydroxyl groups is 1. The van der Waals surface area contributed by atoms with Gasteiger partial charge in [-0.15, -0.1) is 12.4 Å². The van der Waals surface area contributed by atoms with Crippen molar-refractivity contribution in [3.63, 3.8) is 0 Å². The maximum atomic E-state index is 13.3. The maximum Gasteiger partial charge on any atom is 0.251 e. The molecule has 8 heteroatoms. The van der Waals surface area contributed by atoms with Gasteiger partial charge in [0.05, 0.1) is 6.10 Å². The Kier molecular flexibility index (Phi) is 6.63. The number of hydrogen-bond acceptors (Lipinski definition) is 3. The number of β-amino-alcohol motifs (C(OH)–C–C–N with tert-alkyl or cyclic N) is 1. The van der Waals surface area contributed by atoms with Gasteiger partial charge in [0.25, 0.3) is 5.91 Å². The lowest BCUT2D eigenvalue weighted by Crippen LogP contribution is -2.34. The van der Waals surface area contributed by atoms with E-state index in [1.54, 1.807) is 0 Å². The first-order valence-electron chi connectivity index (χ1n) is 7.87. The third kappa shape index (κ3) is 4.35. The Morgan fingerprint density at radius 1 is 1.08 bits per heavy atom. The van der Waals surface area contributed by atoms with Gasteiger partial charge in [-0.1, -0.05) is 12.1 Å². The summed E-state index contributed by atoms with van der Waals surface area (Å²) in [4.78, 5) is 12.1. The molecule has 1 heterocycles. The van der Waals surface area contributed by atoms with Crippen molar-refractivity contribution in [1.82, 2.24) is 10.6 Å². The van der Waals surface area contributed by atoms with Crippen LogP contribution in [0.25, 0.3) is 11.1 Å². The van der Waals surface area contributed by atoms with Gasteiger partial charge < -0.3 is 15.7 Å². The molecular formula is C18H18ClF3N2O2. The van der Waals surface area contributed by atoms with Crippen LogP contribution in [0, 0.1) is 23.4 Å². The quantitative estimate of drug-likeness (QED) is 0.708. The minimum atomic E-state index is -1.51. The number of benzene rings is 2. The Hall–Kier alpha value is -2.09. The van der Waals surface area contributed by atoms with E-state index in [4.69, 9.17) is 0 Å². The van der Waals surface area contributed by atoms with Crippen molar-refractivity contribution in [2.45, 2.75) is 6.10 Å². The molecule has 0 bridgehead atoms. The van der Waals surface area contributed by atoms with Gasteiger partial charge in [-0.3, -0.25) is 4.79 Å². The SMILES string of the molecule is Cl.O=C(NCC1CNCC1O)c1ccc(-c2cc(F)c(F)c(F)c2)cc1. The second kappa shape index (κ2) is 8.53. The smallest absolute Gasteiger partial charge is 0.251 e. The molecule has 1 saturated heterocycles. The Morgan fingerprint density at radius 3 is 2.23 bits per heavy atom. The summed E-state index contributed by atoms with van der Waals surface area (Å²) in [6.45, 7) is 1.51. The van der Waals surface area contributed by atoms with E-state index in [9.17, 15) is 23.1 Å². The van der Waals surface area contributed by atoms with Crippen LogP contribution in [-0.4, -0.2) is 36.8 Å². The average molecular weight is 387 g/mol. The molecule has 3 N–H and O–H groups in total. The van der Waals surface area contributed by atoms with E-state index in [0.717, 1.165) is 12.1 Å². The predicted molar refractivity (Wildman–Crippen MR) is 93.7 cm³/mol. The van der Waals surface area contributed by atoms with Crippen molar-refractivity contribution in [3.05, 3.63) is 59.4 Å². The molecule has 0 saturated carbocycles. The molecule has 0 aliphatic carbocycles. The lowest BCUT2D eigenvalue weighted by molar-refractivity contribution is 0.0927. The first-order chi connectivity index (χ1) is 12.0. The van der Waals surface area contributed by atoms with Crippen LogP contribution in [0.15, 0.2) is 36.4 Å². The fraction of sp³-hybridized carbons (Fsp3) is 0.278. The Bertz CT molecular complexity index is 764. The minimum Gasteiger partial charge on any atom is -0.391 e. The van der Waals surface area contributed by atoms with E-state index in [1.807, 2.05) is 0 Å². The zero-order valence-electron chi connectivity index (χ0n) is 13.6. The summed E-state index contributed by atoms with van der Waals surface area (Å²) in [5.74, 6) is -4.38. The van der Waals surface area contributed by atoms with Gasteiger partial charge in [-0.05, 0) is 35.4 Å². The molecule has 1 aliphatic rings. The van der Waals surface area contributed by atoms with Crippen LogP contribution in [0.3, 0.4) is 0 Å². The Labute approximate surface area is 154 Å². The second-order valence-electron chi connectivity index (χ2n) is 6.03. The van der Waals surface area contributed by atoms with Crippen molar-refractivity contribution >= 4 is 18.3 Å². The van der Waals surface area contributed by atoms with Crippen LogP contribution < -0.4 is 10.6 Å². The molecule has 0 spiro atoms. The van der Waals surface area contributed by atoms with Crippen molar-refractivity contribution in [3.8, 4) is 11.1 Å². The first kappa shape index (κ1) is 20.2. The zero-order chi connectivity index (χ0) is 18.0. The number of aliphatic hydroxyl groups excluding tert-OH is 1. The van der Waals surface area contributed by atoms with E-state index in [0.29, 0.717) is 30.8 Å². The fourth-order valence-electron chi connectivity index (χ4n) is 2.79. The highest BCUT2D eigenvalue weighted by Gasteiger charge is 2.25. The van der Waals surface area contributed by atoms with Crippen molar-refractivity contribution in [2.24, 2.45) is 5.92 Å². The highest BCUT2D eigenvalue weighted by molar-refractivity contribution is 5.94. The largest absolute Gasteiger partial charge is 0.391 e. The van der Waals surface area contributed by atoms with Gasteiger partial charge in [-0.25, -0.2) is 13.2 Å². The van der Waals surface area contributed by atoms with Crippen LogP contribution in [-0.2, 0) is 0 Å². The van der Waals surface area contributed by atoms with Gasteiger partial charge in [0.2, 0.25) is 0 Å². The molecule has 2 atom stereocenters. The molecule has 0 radical (unpaired) electrons. The molecule has 140 valence electrons.